The third-order valence-corrected chi connectivity index (χ3v) is 18.0. The van der Waals surface area contributed by atoms with E-state index in [4.69, 9.17) is 37.0 Å². The number of phosphoric ester groups is 2. The quantitative estimate of drug-likeness (QED) is 0.0222. The van der Waals surface area contributed by atoms with Gasteiger partial charge in [0.1, 0.15) is 19.3 Å². The molecule has 0 saturated carbocycles. The number of phosphoric acid groups is 2. The minimum absolute atomic E-state index is 0.106. The second-order valence-electron chi connectivity index (χ2n) is 25.3. The van der Waals surface area contributed by atoms with Crippen LogP contribution in [0.2, 0.25) is 0 Å². The lowest BCUT2D eigenvalue weighted by Crippen LogP contribution is -2.30. The molecule has 0 rings (SSSR count). The summed E-state index contributed by atoms with van der Waals surface area (Å²) in [5.74, 6) is -0.567. The highest BCUT2D eigenvalue weighted by molar-refractivity contribution is 7.47. The number of carbonyl (C=O) groups is 4. The molecule has 87 heavy (non-hydrogen) atoms. The number of rotatable bonds is 67. The van der Waals surface area contributed by atoms with Gasteiger partial charge in [0.2, 0.25) is 0 Å². The minimum atomic E-state index is -4.95. The second-order valence-corrected chi connectivity index (χ2v) is 28.2. The van der Waals surface area contributed by atoms with Gasteiger partial charge in [-0.2, -0.15) is 0 Å². The van der Waals surface area contributed by atoms with Crippen LogP contribution in [0.1, 0.15) is 343 Å². The summed E-state index contributed by atoms with van der Waals surface area (Å²) in [5.41, 5.74) is 0. The van der Waals surface area contributed by atoms with Crippen LogP contribution in [0.4, 0.5) is 0 Å². The van der Waals surface area contributed by atoms with Crippen molar-refractivity contribution < 1.29 is 80.2 Å². The molecular weight excluding hydrogens is 1150 g/mol. The summed E-state index contributed by atoms with van der Waals surface area (Å²) < 4.78 is 68.2. The van der Waals surface area contributed by atoms with Crippen molar-refractivity contribution in [3.63, 3.8) is 0 Å². The Bertz CT molecular complexity index is 1700. The molecule has 0 aromatic carbocycles. The van der Waals surface area contributed by atoms with Crippen LogP contribution in [0.5, 0.6) is 0 Å². The fraction of sp³-hybridized carbons (Fsp3) is 0.941. The van der Waals surface area contributed by atoms with Crippen LogP contribution in [-0.4, -0.2) is 96.7 Å². The molecule has 0 aliphatic rings. The van der Waals surface area contributed by atoms with Gasteiger partial charge in [0.25, 0.3) is 0 Å². The Labute approximate surface area is 530 Å². The number of hydrogen-bond donors (Lipinski definition) is 3. The molecule has 0 spiro atoms. The van der Waals surface area contributed by atoms with Crippen molar-refractivity contribution >= 4 is 39.5 Å². The molecule has 0 amide bonds. The van der Waals surface area contributed by atoms with Gasteiger partial charge >= 0.3 is 39.5 Å². The van der Waals surface area contributed by atoms with Gasteiger partial charge in [-0.1, -0.05) is 292 Å². The SMILES string of the molecule is CCCCCCCCCCCCCCC(=O)O[C@H](COC(=O)CCCCCCCCCC)COP(=O)(O)OC[C@H](O)COP(=O)(O)OC[C@@H](COC(=O)CCCCCCCCCCCCC(C)C)OC(=O)CCCCCCCCCCCCC(C)CC. The van der Waals surface area contributed by atoms with Crippen LogP contribution in [0.3, 0.4) is 0 Å². The maximum Gasteiger partial charge on any atom is 0.472 e. The molecule has 0 heterocycles. The van der Waals surface area contributed by atoms with E-state index in [0.29, 0.717) is 25.7 Å². The van der Waals surface area contributed by atoms with E-state index in [1.165, 1.54) is 154 Å². The molecule has 0 aromatic rings. The standard InChI is InChI=1S/C68H132O17P2/c1-7-10-12-14-16-18-19-20-28-34-40-46-52-67(72)84-63(56-78-65(70)50-44-38-32-17-15-13-11-8-2)58-82-86(74,75)80-54-62(69)55-81-87(76,77)83-59-64(57-79-66(71)51-45-39-33-27-23-21-25-30-36-42-48-60(4)5)85-68(73)53-47-41-35-29-24-22-26-31-37-43-49-61(6)9-3/h60-64,69H,7-59H2,1-6H3,(H,74,75)(H,76,77)/t61?,62-,63+,64+/m0/s1. The van der Waals surface area contributed by atoms with Crippen LogP contribution in [-0.2, 0) is 65.4 Å². The van der Waals surface area contributed by atoms with Crippen LogP contribution < -0.4 is 0 Å². The molecule has 19 heteroatoms. The molecule has 6 atom stereocenters. The molecule has 0 aliphatic carbocycles. The van der Waals surface area contributed by atoms with Gasteiger partial charge in [-0.05, 0) is 37.5 Å². The van der Waals surface area contributed by atoms with Gasteiger partial charge < -0.3 is 33.8 Å². The number of unbranched alkanes of at least 4 members (excludes halogenated alkanes) is 36. The maximum absolute atomic E-state index is 13.0. The van der Waals surface area contributed by atoms with Crippen LogP contribution >= 0.6 is 15.6 Å². The van der Waals surface area contributed by atoms with Gasteiger partial charge in [-0.15, -0.1) is 0 Å². The van der Waals surface area contributed by atoms with Crippen molar-refractivity contribution in [2.45, 2.75) is 362 Å². The van der Waals surface area contributed by atoms with Crippen LogP contribution in [0, 0.1) is 11.8 Å². The van der Waals surface area contributed by atoms with Crippen molar-refractivity contribution in [3.8, 4) is 0 Å². The van der Waals surface area contributed by atoms with E-state index < -0.39 is 97.5 Å². The summed E-state index contributed by atoms with van der Waals surface area (Å²) in [4.78, 5) is 72.4. The fourth-order valence-electron chi connectivity index (χ4n) is 10.2. The lowest BCUT2D eigenvalue weighted by Gasteiger charge is -2.21. The number of carbonyl (C=O) groups excluding carboxylic acids is 4. The Kier molecular flexibility index (Phi) is 59.0. The van der Waals surface area contributed by atoms with E-state index in [9.17, 15) is 43.2 Å². The van der Waals surface area contributed by atoms with E-state index in [-0.39, 0.29) is 25.7 Å². The Morgan fingerprint density at radius 1 is 0.333 bits per heavy atom. The zero-order valence-electron chi connectivity index (χ0n) is 56.3. The topological polar surface area (TPSA) is 237 Å². The maximum atomic E-state index is 13.0. The lowest BCUT2D eigenvalue weighted by atomic mass is 9.99. The predicted molar refractivity (Wildman–Crippen MR) is 349 cm³/mol. The summed E-state index contributed by atoms with van der Waals surface area (Å²) in [5, 5.41) is 10.6. The number of aliphatic hydroxyl groups excluding tert-OH is 1. The molecule has 17 nitrogen and oxygen atoms in total. The van der Waals surface area contributed by atoms with Crippen molar-refractivity contribution in [2.75, 3.05) is 39.6 Å². The molecule has 0 aliphatic heterocycles. The first-order chi connectivity index (χ1) is 41.9. The monoisotopic (exact) mass is 1280 g/mol. The first-order valence-electron chi connectivity index (χ1n) is 35.5. The minimum Gasteiger partial charge on any atom is -0.462 e. The highest BCUT2D eigenvalue weighted by Crippen LogP contribution is 2.45. The Hall–Kier alpha value is -1.94. The first-order valence-corrected chi connectivity index (χ1v) is 38.5. The average Bonchev–Trinajstić information content (AvgIpc) is 3.71. The highest BCUT2D eigenvalue weighted by Gasteiger charge is 2.30. The molecule has 0 fully saturated rings. The van der Waals surface area contributed by atoms with Gasteiger partial charge in [0.15, 0.2) is 12.2 Å². The summed E-state index contributed by atoms with van der Waals surface area (Å²) in [6.45, 7) is 9.53. The van der Waals surface area contributed by atoms with E-state index in [1.54, 1.807) is 0 Å². The Balaban J connectivity index is 5.24. The molecule has 0 aromatic heterocycles. The van der Waals surface area contributed by atoms with Gasteiger partial charge in [-0.25, -0.2) is 9.13 Å². The smallest absolute Gasteiger partial charge is 0.462 e. The Morgan fingerprint density at radius 3 is 0.874 bits per heavy atom. The third kappa shape index (κ3) is 61.3. The second kappa shape index (κ2) is 60.3. The largest absolute Gasteiger partial charge is 0.472 e. The van der Waals surface area contributed by atoms with Crippen LogP contribution in [0.15, 0.2) is 0 Å². The summed E-state index contributed by atoms with van der Waals surface area (Å²) in [6.07, 6.45) is 44.3. The molecule has 516 valence electrons. The Morgan fingerprint density at radius 2 is 0.586 bits per heavy atom. The molecular formula is C68H132O17P2. The van der Waals surface area contributed by atoms with E-state index >= 15 is 0 Å². The summed E-state index contributed by atoms with van der Waals surface area (Å²) >= 11 is 0. The molecule has 0 saturated heterocycles. The van der Waals surface area contributed by atoms with Gasteiger partial charge in [0, 0.05) is 25.7 Å². The lowest BCUT2D eigenvalue weighted by molar-refractivity contribution is -0.161. The number of aliphatic hydroxyl groups is 1. The van der Waals surface area contributed by atoms with Crippen molar-refractivity contribution in [1.82, 2.24) is 0 Å². The van der Waals surface area contributed by atoms with Crippen molar-refractivity contribution in [1.29, 1.82) is 0 Å². The van der Waals surface area contributed by atoms with Crippen molar-refractivity contribution in [2.24, 2.45) is 11.8 Å². The molecule has 3 N–H and O–H groups in total. The first kappa shape index (κ1) is 85.1. The predicted octanol–water partition coefficient (Wildman–Crippen LogP) is 19.2. The normalized spacial score (nSPS) is 14.5. The molecule has 0 radical (unpaired) electrons. The van der Waals surface area contributed by atoms with E-state index in [1.807, 2.05) is 0 Å². The average molecular weight is 1280 g/mol. The highest BCUT2D eigenvalue weighted by atomic mass is 31.2. The molecule has 0 bridgehead atoms. The summed E-state index contributed by atoms with van der Waals surface area (Å²) in [7, 11) is -9.89. The van der Waals surface area contributed by atoms with E-state index in [2.05, 4.69) is 41.5 Å². The number of esters is 4. The van der Waals surface area contributed by atoms with Gasteiger partial charge in [-0.3, -0.25) is 37.3 Å². The summed E-state index contributed by atoms with van der Waals surface area (Å²) in [6, 6.07) is 0. The zero-order chi connectivity index (χ0) is 64.3. The van der Waals surface area contributed by atoms with Crippen molar-refractivity contribution in [3.05, 3.63) is 0 Å². The van der Waals surface area contributed by atoms with E-state index in [0.717, 1.165) is 108 Å². The van der Waals surface area contributed by atoms with Gasteiger partial charge in [0.05, 0.1) is 26.4 Å². The fourth-order valence-corrected chi connectivity index (χ4v) is 11.8. The van der Waals surface area contributed by atoms with Crippen LogP contribution in [0.25, 0.3) is 0 Å². The molecule has 3 unspecified atom stereocenters. The third-order valence-electron chi connectivity index (χ3n) is 16.1. The number of hydrogen-bond acceptors (Lipinski definition) is 15. The zero-order valence-corrected chi connectivity index (χ0v) is 58.1. The number of ether oxygens (including phenoxy) is 4.